The minimum Gasteiger partial charge on any atom is -0.396 e. The Hall–Kier alpha value is -1.72. The summed E-state index contributed by atoms with van der Waals surface area (Å²) in [6.45, 7) is 4.60. The first-order valence-corrected chi connectivity index (χ1v) is 8.08. The second-order valence-electron chi connectivity index (χ2n) is 5.46. The van der Waals surface area contributed by atoms with Gasteiger partial charge in [0.2, 0.25) is 0 Å². The molecule has 0 fully saturated rings. The van der Waals surface area contributed by atoms with Crippen molar-refractivity contribution in [2.45, 2.75) is 20.3 Å². The molecule has 1 unspecified atom stereocenters. The largest absolute Gasteiger partial charge is 0.396 e. The molecule has 2 rings (SSSR count). The average molecular weight is 321 g/mol. The van der Waals surface area contributed by atoms with E-state index in [0.717, 1.165) is 16.0 Å². The van der Waals surface area contributed by atoms with Crippen LogP contribution in [0.4, 0.5) is 4.39 Å². The Labute approximate surface area is 133 Å². The van der Waals surface area contributed by atoms with Gasteiger partial charge in [-0.1, -0.05) is 19.1 Å². The van der Waals surface area contributed by atoms with Gasteiger partial charge in [-0.2, -0.15) is 0 Å². The first kappa shape index (κ1) is 16.6. The smallest absolute Gasteiger partial charge is 0.261 e. The zero-order valence-electron chi connectivity index (χ0n) is 12.7. The van der Waals surface area contributed by atoms with Crippen LogP contribution in [0.25, 0.3) is 10.4 Å². The van der Waals surface area contributed by atoms with Crippen LogP contribution in [0.2, 0.25) is 0 Å². The Morgan fingerprint density at radius 3 is 2.68 bits per heavy atom. The number of halogens is 1. The highest BCUT2D eigenvalue weighted by atomic mass is 32.1. The summed E-state index contributed by atoms with van der Waals surface area (Å²) in [5, 5.41) is 11.8. The molecule has 1 aromatic heterocycles. The Morgan fingerprint density at radius 1 is 1.36 bits per heavy atom. The number of amides is 1. The molecule has 0 radical (unpaired) electrons. The highest BCUT2D eigenvalue weighted by Gasteiger charge is 2.14. The lowest BCUT2D eigenvalue weighted by atomic mass is 10.1. The molecule has 0 aliphatic carbocycles. The maximum Gasteiger partial charge on any atom is 0.261 e. The Balaban J connectivity index is 2.09. The molecule has 0 aliphatic heterocycles. The van der Waals surface area contributed by atoms with Crippen LogP contribution in [0.3, 0.4) is 0 Å². The van der Waals surface area contributed by atoms with Crippen molar-refractivity contribution in [3.8, 4) is 10.4 Å². The van der Waals surface area contributed by atoms with E-state index in [1.807, 2.05) is 19.9 Å². The second kappa shape index (κ2) is 7.51. The van der Waals surface area contributed by atoms with Crippen LogP contribution in [0.5, 0.6) is 0 Å². The summed E-state index contributed by atoms with van der Waals surface area (Å²) < 4.78 is 13.0. The molecular weight excluding hydrogens is 301 g/mol. The lowest BCUT2D eigenvalue weighted by Crippen LogP contribution is -2.28. The van der Waals surface area contributed by atoms with Crippen molar-refractivity contribution in [2.24, 2.45) is 5.92 Å². The predicted octanol–water partition coefficient (Wildman–Crippen LogP) is 3.61. The quantitative estimate of drug-likeness (QED) is 0.854. The number of hydrogen-bond acceptors (Lipinski definition) is 3. The summed E-state index contributed by atoms with van der Waals surface area (Å²) in [7, 11) is 0. The fourth-order valence-corrected chi connectivity index (χ4v) is 3.25. The molecule has 2 aromatic rings. The number of nitrogens with one attached hydrogen (secondary N) is 1. The number of aliphatic hydroxyl groups excluding tert-OH is 1. The van der Waals surface area contributed by atoms with Gasteiger partial charge in [0.25, 0.3) is 5.91 Å². The minimum absolute atomic E-state index is 0.105. The molecule has 0 saturated heterocycles. The van der Waals surface area contributed by atoms with Gasteiger partial charge in [0.05, 0.1) is 4.88 Å². The fraction of sp³-hybridized carbons (Fsp3) is 0.353. The molecule has 5 heteroatoms. The number of benzene rings is 1. The van der Waals surface area contributed by atoms with Crippen molar-refractivity contribution in [3.05, 3.63) is 46.6 Å². The topological polar surface area (TPSA) is 49.3 Å². The minimum atomic E-state index is -0.270. The van der Waals surface area contributed by atoms with E-state index in [1.165, 1.54) is 23.5 Å². The maximum absolute atomic E-state index is 13.0. The van der Waals surface area contributed by atoms with Crippen molar-refractivity contribution in [1.29, 1.82) is 0 Å². The highest BCUT2D eigenvalue weighted by molar-refractivity contribution is 7.17. The van der Waals surface area contributed by atoms with Crippen LogP contribution in [0, 0.1) is 18.7 Å². The van der Waals surface area contributed by atoms with Crippen molar-refractivity contribution in [2.75, 3.05) is 13.2 Å². The Bertz CT molecular complexity index is 637. The molecule has 0 aliphatic rings. The normalized spacial score (nSPS) is 12.2. The van der Waals surface area contributed by atoms with Gasteiger partial charge < -0.3 is 10.4 Å². The zero-order chi connectivity index (χ0) is 16.1. The van der Waals surface area contributed by atoms with Crippen LogP contribution in [-0.2, 0) is 0 Å². The predicted molar refractivity (Wildman–Crippen MR) is 87.7 cm³/mol. The number of thiophene rings is 1. The van der Waals surface area contributed by atoms with E-state index < -0.39 is 0 Å². The number of rotatable bonds is 6. The summed E-state index contributed by atoms with van der Waals surface area (Å²) >= 11 is 1.41. The van der Waals surface area contributed by atoms with E-state index in [-0.39, 0.29) is 24.2 Å². The standard InChI is InChI=1S/C17H20FNO2S/c1-11(7-8-20)10-19-17(21)15-9-12(2)16(22-15)13-3-5-14(18)6-4-13/h3-6,9,11,20H,7-8,10H2,1-2H3,(H,19,21). The van der Waals surface area contributed by atoms with Gasteiger partial charge in [0.15, 0.2) is 0 Å². The Morgan fingerprint density at radius 2 is 2.05 bits per heavy atom. The monoisotopic (exact) mass is 321 g/mol. The molecule has 0 saturated carbocycles. The molecular formula is C17H20FNO2S. The first-order valence-electron chi connectivity index (χ1n) is 7.26. The van der Waals surface area contributed by atoms with Gasteiger partial charge in [-0.05, 0) is 48.6 Å². The summed E-state index contributed by atoms with van der Waals surface area (Å²) in [6.07, 6.45) is 0.671. The van der Waals surface area contributed by atoms with Gasteiger partial charge in [0, 0.05) is 18.0 Å². The number of hydrogen-bond donors (Lipinski definition) is 2. The van der Waals surface area contributed by atoms with E-state index >= 15 is 0 Å². The van der Waals surface area contributed by atoms with Crippen LogP contribution in [0.1, 0.15) is 28.6 Å². The molecule has 1 heterocycles. The van der Waals surface area contributed by atoms with Gasteiger partial charge in [0.1, 0.15) is 5.82 Å². The van der Waals surface area contributed by atoms with Crippen molar-refractivity contribution < 1.29 is 14.3 Å². The third-order valence-corrected chi connectivity index (χ3v) is 4.77. The van der Waals surface area contributed by atoms with E-state index in [0.29, 0.717) is 17.8 Å². The third-order valence-electron chi connectivity index (χ3n) is 3.48. The van der Waals surface area contributed by atoms with Crippen LogP contribution >= 0.6 is 11.3 Å². The molecule has 118 valence electrons. The third kappa shape index (κ3) is 4.15. The Kier molecular flexibility index (Phi) is 5.69. The number of carbonyl (C=O) groups is 1. The first-order chi connectivity index (χ1) is 10.5. The van der Waals surface area contributed by atoms with E-state index in [1.54, 1.807) is 12.1 Å². The fourth-order valence-electron chi connectivity index (χ4n) is 2.16. The van der Waals surface area contributed by atoms with Gasteiger partial charge in [-0.25, -0.2) is 4.39 Å². The van der Waals surface area contributed by atoms with Crippen molar-refractivity contribution in [3.63, 3.8) is 0 Å². The lowest BCUT2D eigenvalue weighted by Gasteiger charge is -2.10. The molecule has 1 amide bonds. The van der Waals surface area contributed by atoms with Crippen molar-refractivity contribution in [1.82, 2.24) is 5.32 Å². The molecule has 0 spiro atoms. The number of aliphatic hydroxyl groups is 1. The summed E-state index contributed by atoms with van der Waals surface area (Å²) in [5.74, 6) is -0.133. The van der Waals surface area contributed by atoms with Gasteiger partial charge >= 0.3 is 0 Å². The summed E-state index contributed by atoms with van der Waals surface area (Å²) in [4.78, 5) is 13.8. The van der Waals surface area contributed by atoms with Crippen LogP contribution in [-0.4, -0.2) is 24.2 Å². The lowest BCUT2D eigenvalue weighted by molar-refractivity contribution is 0.0949. The van der Waals surface area contributed by atoms with E-state index in [2.05, 4.69) is 5.32 Å². The van der Waals surface area contributed by atoms with Crippen molar-refractivity contribution >= 4 is 17.2 Å². The number of aryl methyl sites for hydroxylation is 1. The molecule has 1 atom stereocenters. The van der Waals surface area contributed by atoms with Crippen LogP contribution in [0.15, 0.2) is 30.3 Å². The molecule has 3 nitrogen and oxygen atoms in total. The number of carbonyl (C=O) groups excluding carboxylic acids is 1. The van der Waals surface area contributed by atoms with E-state index in [4.69, 9.17) is 5.11 Å². The summed E-state index contributed by atoms with van der Waals surface area (Å²) in [6, 6.07) is 8.14. The van der Waals surface area contributed by atoms with E-state index in [9.17, 15) is 9.18 Å². The zero-order valence-corrected chi connectivity index (χ0v) is 13.5. The van der Waals surface area contributed by atoms with Gasteiger partial charge in [-0.3, -0.25) is 4.79 Å². The SMILES string of the molecule is Cc1cc(C(=O)NCC(C)CCO)sc1-c1ccc(F)cc1. The van der Waals surface area contributed by atoms with Crippen LogP contribution < -0.4 is 5.32 Å². The molecule has 22 heavy (non-hydrogen) atoms. The molecule has 0 bridgehead atoms. The molecule has 2 N–H and O–H groups in total. The maximum atomic E-state index is 13.0. The second-order valence-corrected chi connectivity index (χ2v) is 6.51. The molecule has 1 aromatic carbocycles. The highest BCUT2D eigenvalue weighted by Crippen LogP contribution is 2.32. The van der Waals surface area contributed by atoms with Gasteiger partial charge in [-0.15, -0.1) is 11.3 Å². The average Bonchev–Trinajstić information content (AvgIpc) is 2.88. The summed E-state index contributed by atoms with van der Waals surface area (Å²) in [5.41, 5.74) is 1.92.